The number of rotatable bonds is 8. The van der Waals surface area contributed by atoms with Crippen LogP contribution in [0.25, 0.3) is 11.6 Å². The highest BCUT2D eigenvalue weighted by atomic mass is 32.2. The second kappa shape index (κ2) is 8.73. The molecule has 1 N–H and O–H groups in total. The van der Waals surface area contributed by atoms with Crippen molar-refractivity contribution in [3.8, 4) is 11.6 Å². The third-order valence-electron chi connectivity index (χ3n) is 4.05. The minimum atomic E-state index is -0.340. The van der Waals surface area contributed by atoms with Gasteiger partial charge in [-0.1, -0.05) is 36.9 Å². The van der Waals surface area contributed by atoms with Crippen LogP contribution >= 0.6 is 11.8 Å². The van der Waals surface area contributed by atoms with Gasteiger partial charge in [-0.15, -0.1) is 16.8 Å². The topological polar surface area (TPSA) is 73.0 Å². The van der Waals surface area contributed by atoms with E-state index < -0.39 is 0 Å². The number of furan rings is 1. The number of nitrogens with one attached hydrogen (secondary N) is 1. The highest BCUT2D eigenvalue weighted by Crippen LogP contribution is 2.27. The number of hydrogen-bond donors (Lipinski definition) is 1. The zero-order valence-corrected chi connectivity index (χ0v) is 16.2. The lowest BCUT2D eigenvalue weighted by Gasteiger charge is -2.13. The molecule has 2 aromatic heterocycles. The van der Waals surface area contributed by atoms with Crippen LogP contribution in [0.2, 0.25) is 0 Å². The number of thioether (sulfide) groups is 1. The summed E-state index contributed by atoms with van der Waals surface area (Å²) in [4.78, 5) is 12.5. The van der Waals surface area contributed by atoms with Crippen molar-refractivity contribution in [2.45, 2.75) is 37.2 Å². The quantitative estimate of drug-likeness (QED) is 0.462. The number of nitrogens with zero attached hydrogens (tertiary/aromatic N) is 3. The summed E-state index contributed by atoms with van der Waals surface area (Å²) in [5, 5.41) is 11.7. The van der Waals surface area contributed by atoms with Crippen LogP contribution in [0.3, 0.4) is 0 Å². The van der Waals surface area contributed by atoms with Gasteiger partial charge in [0.15, 0.2) is 10.9 Å². The Balaban J connectivity index is 1.71. The SMILES string of the molecule is C=CCn1c(SC(C)C(=O)Nc2ccc(CC)cc2)nnc1-c1ccco1. The van der Waals surface area contributed by atoms with Gasteiger partial charge in [-0.2, -0.15) is 0 Å². The predicted octanol–water partition coefficient (Wildman–Crippen LogP) is 4.41. The molecule has 7 heteroatoms. The van der Waals surface area contributed by atoms with E-state index in [1.807, 2.05) is 41.8 Å². The van der Waals surface area contributed by atoms with Crippen molar-refractivity contribution < 1.29 is 9.21 Å². The molecule has 0 bridgehead atoms. The summed E-state index contributed by atoms with van der Waals surface area (Å²) in [7, 11) is 0. The van der Waals surface area contributed by atoms with E-state index in [0.717, 1.165) is 12.1 Å². The molecule has 1 atom stereocenters. The fourth-order valence-corrected chi connectivity index (χ4v) is 3.40. The molecule has 1 amide bonds. The molecule has 1 unspecified atom stereocenters. The predicted molar refractivity (Wildman–Crippen MR) is 108 cm³/mol. The summed E-state index contributed by atoms with van der Waals surface area (Å²) in [5.41, 5.74) is 2.02. The Bertz CT molecular complexity index is 901. The summed E-state index contributed by atoms with van der Waals surface area (Å²) in [6.07, 6.45) is 4.33. The molecule has 0 aliphatic heterocycles. The fraction of sp³-hybridized carbons (Fsp3) is 0.250. The number of allylic oxidation sites excluding steroid dienone is 1. The zero-order chi connectivity index (χ0) is 19.2. The van der Waals surface area contributed by atoms with Gasteiger partial charge in [0, 0.05) is 12.2 Å². The van der Waals surface area contributed by atoms with Gasteiger partial charge in [-0.25, -0.2) is 0 Å². The fourth-order valence-electron chi connectivity index (χ4n) is 2.54. The van der Waals surface area contributed by atoms with E-state index in [-0.39, 0.29) is 11.2 Å². The van der Waals surface area contributed by atoms with Crippen LogP contribution in [0.4, 0.5) is 5.69 Å². The van der Waals surface area contributed by atoms with Crippen molar-refractivity contribution in [1.29, 1.82) is 0 Å². The van der Waals surface area contributed by atoms with E-state index in [9.17, 15) is 4.79 Å². The molecule has 0 fully saturated rings. The van der Waals surface area contributed by atoms with Crippen molar-refractivity contribution in [2.24, 2.45) is 0 Å². The van der Waals surface area contributed by atoms with Crippen LogP contribution in [-0.2, 0) is 17.8 Å². The summed E-state index contributed by atoms with van der Waals surface area (Å²) < 4.78 is 7.31. The van der Waals surface area contributed by atoms with Crippen LogP contribution in [-0.4, -0.2) is 25.9 Å². The minimum absolute atomic E-state index is 0.0862. The van der Waals surface area contributed by atoms with E-state index >= 15 is 0 Å². The molecule has 0 radical (unpaired) electrons. The van der Waals surface area contributed by atoms with Crippen molar-refractivity contribution in [1.82, 2.24) is 14.8 Å². The number of aryl methyl sites for hydroxylation is 1. The Kier molecular flexibility index (Phi) is 6.13. The molecule has 1 aromatic carbocycles. The van der Waals surface area contributed by atoms with Crippen molar-refractivity contribution in [2.75, 3.05) is 5.32 Å². The standard InChI is InChI=1S/C20H22N4O2S/c1-4-12-24-18(17-7-6-13-26-17)22-23-20(24)27-14(3)19(25)21-16-10-8-15(5-2)9-11-16/h4,6-11,13-14H,1,5,12H2,2-3H3,(H,21,25). The first-order valence-electron chi connectivity index (χ1n) is 8.76. The molecule has 0 spiro atoms. The van der Waals surface area contributed by atoms with Crippen LogP contribution in [0.1, 0.15) is 19.4 Å². The first-order chi connectivity index (χ1) is 13.1. The highest BCUT2D eigenvalue weighted by molar-refractivity contribution is 8.00. The van der Waals surface area contributed by atoms with Gasteiger partial charge in [0.25, 0.3) is 0 Å². The van der Waals surface area contributed by atoms with Gasteiger partial charge in [-0.3, -0.25) is 9.36 Å². The molecule has 6 nitrogen and oxygen atoms in total. The van der Waals surface area contributed by atoms with Crippen LogP contribution in [0, 0.1) is 0 Å². The van der Waals surface area contributed by atoms with Crippen LogP contribution in [0.15, 0.2) is 64.9 Å². The number of carbonyl (C=O) groups excluding carboxylic acids is 1. The summed E-state index contributed by atoms with van der Waals surface area (Å²) in [6.45, 7) is 8.26. The number of carbonyl (C=O) groups is 1. The molecule has 140 valence electrons. The molecule has 27 heavy (non-hydrogen) atoms. The molecular formula is C20H22N4O2S. The third kappa shape index (κ3) is 4.49. The zero-order valence-electron chi connectivity index (χ0n) is 15.4. The van der Waals surface area contributed by atoms with Crippen molar-refractivity contribution >= 4 is 23.4 Å². The third-order valence-corrected chi connectivity index (χ3v) is 5.13. The molecule has 0 saturated heterocycles. The van der Waals surface area contributed by atoms with E-state index in [4.69, 9.17) is 4.42 Å². The van der Waals surface area contributed by atoms with E-state index in [1.54, 1.807) is 18.4 Å². The van der Waals surface area contributed by atoms with Crippen molar-refractivity contribution in [3.05, 3.63) is 60.9 Å². The average molecular weight is 382 g/mol. The number of benzene rings is 1. The van der Waals surface area contributed by atoms with Gasteiger partial charge in [-0.05, 0) is 43.2 Å². The largest absolute Gasteiger partial charge is 0.461 e. The monoisotopic (exact) mass is 382 g/mol. The number of amides is 1. The van der Waals surface area contributed by atoms with E-state index in [2.05, 4.69) is 29.0 Å². The van der Waals surface area contributed by atoms with E-state index in [0.29, 0.717) is 23.3 Å². The molecule has 3 rings (SSSR count). The number of aromatic nitrogens is 3. The lowest BCUT2D eigenvalue weighted by atomic mass is 10.1. The molecule has 2 heterocycles. The van der Waals surface area contributed by atoms with E-state index in [1.165, 1.54) is 17.3 Å². The molecular weight excluding hydrogens is 360 g/mol. The molecule has 0 aliphatic rings. The van der Waals surface area contributed by atoms with Crippen LogP contribution < -0.4 is 5.32 Å². The molecule has 3 aromatic rings. The van der Waals surface area contributed by atoms with Gasteiger partial charge in [0.2, 0.25) is 11.7 Å². The normalized spacial score (nSPS) is 11.9. The number of hydrogen-bond acceptors (Lipinski definition) is 5. The smallest absolute Gasteiger partial charge is 0.237 e. The molecule has 0 aliphatic carbocycles. The Morgan fingerprint density at radius 1 is 1.33 bits per heavy atom. The second-order valence-electron chi connectivity index (χ2n) is 5.98. The average Bonchev–Trinajstić information content (AvgIpc) is 3.33. The molecule has 0 saturated carbocycles. The first kappa shape index (κ1) is 19.0. The highest BCUT2D eigenvalue weighted by Gasteiger charge is 2.21. The second-order valence-corrected chi connectivity index (χ2v) is 7.29. The van der Waals surface area contributed by atoms with Gasteiger partial charge in [0.05, 0.1) is 11.5 Å². The van der Waals surface area contributed by atoms with Gasteiger partial charge >= 0.3 is 0 Å². The summed E-state index contributed by atoms with van der Waals surface area (Å²) >= 11 is 1.35. The van der Waals surface area contributed by atoms with Gasteiger partial charge in [0.1, 0.15) is 0 Å². The Morgan fingerprint density at radius 2 is 2.11 bits per heavy atom. The minimum Gasteiger partial charge on any atom is -0.461 e. The lowest BCUT2D eigenvalue weighted by Crippen LogP contribution is -2.23. The maximum absolute atomic E-state index is 12.5. The number of anilines is 1. The summed E-state index contributed by atoms with van der Waals surface area (Å²) in [6, 6.07) is 11.5. The Hall–Kier alpha value is -2.80. The maximum atomic E-state index is 12.5. The maximum Gasteiger partial charge on any atom is 0.237 e. The Morgan fingerprint density at radius 3 is 2.74 bits per heavy atom. The van der Waals surface area contributed by atoms with Crippen LogP contribution in [0.5, 0.6) is 0 Å². The first-order valence-corrected chi connectivity index (χ1v) is 9.64. The Labute approximate surface area is 162 Å². The van der Waals surface area contributed by atoms with Crippen molar-refractivity contribution in [3.63, 3.8) is 0 Å². The van der Waals surface area contributed by atoms with Gasteiger partial charge < -0.3 is 9.73 Å². The lowest BCUT2D eigenvalue weighted by molar-refractivity contribution is -0.115. The summed E-state index contributed by atoms with van der Waals surface area (Å²) in [5.74, 6) is 1.16.